The van der Waals surface area contributed by atoms with E-state index in [-0.39, 0.29) is 10.8 Å². The minimum Gasteiger partial charge on any atom is -0.506 e. The molecule has 104 valence electrons. The first-order chi connectivity index (χ1) is 9.45. The summed E-state index contributed by atoms with van der Waals surface area (Å²) < 4.78 is 0. The van der Waals surface area contributed by atoms with E-state index in [1.54, 1.807) is 0 Å². The van der Waals surface area contributed by atoms with Gasteiger partial charge in [-0.2, -0.15) is 0 Å². The molecule has 0 atom stereocenters. The van der Waals surface area contributed by atoms with Crippen LogP contribution >= 0.6 is 11.6 Å². The number of halogens is 1. The van der Waals surface area contributed by atoms with Gasteiger partial charge in [-0.1, -0.05) is 11.6 Å². The standard InChI is InChI=1S/C13H13ClN4O2/c1-7-5-8(2)16-13(15-7)18-17-12(20)9-3-4-11(19)10(14)6-9/h3-6,19H,1-2H3,(H,17,20)(H,15,16,18). The zero-order valence-electron chi connectivity index (χ0n) is 10.9. The third kappa shape index (κ3) is 3.36. The van der Waals surface area contributed by atoms with Crippen LogP contribution in [0.3, 0.4) is 0 Å². The molecule has 1 aromatic carbocycles. The molecule has 0 aliphatic carbocycles. The van der Waals surface area contributed by atoms with Crippen LogP contribution in [0.5, 0.6) is 5.75 Å². The Kier molecular flexibility index (Phi) is 4.05. The monoisotopic (exact) mass is 292 g/mol. The quantitative estimate of drug-likeness (QED) is 0.755. The van der Waals surface area contributed by atoms with E-state index in [0.29, 0.717) is 11.5 Å². The molecule has 0 radical (unpaired) electrons. The summed E-state index contributed by atoms with van der Waals surface area (Å²) in [5.41, 5.74) is 6.99. The molecule has 1 aromatic heterocycles. The summed E-state index contributed by atoms with van der Waals surface area (Å²) in [5, 5.41) is 9.41. The van der Waals surface area contributed by atoms with E-state index in [1.165, 1.54) is 18.2 Å². The van der Waals surface area contributed by atoms with E-state index in [9.17, 15) is 9.90 Å². The summed E-state index contributed by atoms with van der Waals surface area (Å²) >= 11 is 5.74. The average molecular weight is 293 g/mol. The van der Waals surface area contributed by atoms with Crippen molar-refractivity contribution in [3.05, 3.63) is 46.2 Å². The first-order valence-corrected chi connectivity index (χ1v) is 6.20. The first-order valence-electron chi connectivity index (χ1n) is 5.83. The lowest BCUT2D eigenvalue weighted by molar-refractivity contribution is 0.0962. The van der Waals surface area contributed by atoms with Crippen LogP contribution in [-0.4, -0.2) is 21.0 Å². The van der Waals surface area contributed by atoms with Crippen LogP contribution in [0.25, 0.3) is 0 Å². The zero-order chi connectivity index (χ0) is 14.7. The SMILES string of the molecule is Cc1cc(C)nc(NNC(=O)c2ccc(O)c(Cl)c2)n1. The molecule has 0 aliphatic heterocycles. The molecule has 0 aliphatic rings. The van der Waals surface area contributed by atoms with Gasteiger partial charge in [0.25, 0.3) is 5.91 Å². The Morgan fingerprint density at radius 2 is 1.85 bits per heavy atom. The molecule has 0 saturated carbocycles. The average Bonchev–Trinajstić information content (AvgIpc) is 2.38. The van der Waals surface area contributed by atoms with Gasteiger partial charge in [0, 0.05) is 17.0 Å². The van der Waals surface area contributed by atoms with Crippen molar-refractivity contribution in [2.45, 2.75) is 13.8 Å². The summed E-state index contributed by atoms with van der Waals surface area (Å²) in [6, 6.07) is 6.01. The minimum absolute atomic E-state index is 0.0752. The predicted molar refractivity (Wildman–Crippen MR) is 75.7 cm³/mol. The number of hydrazine groups is 1. The van der Waals surface area contributed by atoms with Crippen molar-refractivity contribution in [3.63, 3.8) is 0 Å². The van der Waals surface area contributed by atoms with Crippen molar-refractivity contribution >= 4 is 23.5 Å². The van der Waals surface area contributed by atoms with Crippen molar-refractivity contribution in [1.29, 1.82) is 0 Å². The van der Waals surface area contributed by atoms with Gasteiger partial charge in [0.15, 0.2) is 0 Å². The van der Waals surface area contributed by atoms with Crippen LogP contribution in [0.2, 0.25) is 5.02 Å². The maximum absolute atomic E-state index is 11.9. The highest BCUT2D eigenvalue weighted by Gasteiger charge is 2.08. The molecule has 1 amide bonds. The third-order valence-electron chi connectivity index (χ3n) is 2.48. The zero-order valence-corrected chi connectivity index (χ0v) is 11.7. The van der Waals surface area contributed by atoms with Gasteiger partial charge in [0.2, 0.25) is 5.95 Å². The van der Waals surface area contributed by atoms with Crippen LogP contribution in [0.1, 0.15) is 21.7 Å². The summed E-state index contributed by atoms with van der Waals surface area (Å²) in [6.07, 6.45) is 0. The molecule has 0 saturated heterocycles. The second-order valence-corrected chi connectivity index (χ2v) is 4.63. The molecule has 0 spiro atoms. The van der Waals surface area contributed by atoms with Crippen LogP contribution in [-0.2, 0) is 0 Å². The van der Waals surface area contributed by atoms with Gasteiger partial charge >= 0.3 is 0 Å². The molecule has 7 heteroatoms. The number of nitrogens with zero attached hydrogens (tertiary/aromatic N) is 2. The second-order valence-electron chi connectivity index (χ2n) is 4.22. The van der Waals surface area contributed by atoms with Gasteiger partial charge in [-0.3, -0.25) is 15.6 Å². The largest absolute Gasteiger partial charge is 0.506 e. The highest BCUT2D eigenvalue weighted by molar-refractivity contribution is 6.32. The fourth-order valence-electron chi connectivity index (χ4n) is 1.61. The molecule has 6 nitrogen and oxygen atoms in total. The number of aromatic nitrogens is 2. The number of aryl methyl sites for hydroxylation is 2. The van der Waals surface area contributed by atoms with Crippen molar-refractivity contribution in [2.75, 3.05) is 5.43 Å². The number of rotatable bonds is 3. The predicted octanol–water partition coefficient (Wildman–Crippen LogP) is 2.21. The Morgan fingerprint density at radius 3 is 2.45 bits per heavy atom. The van der Waals surface area contributed by atoms with E-state index in [1.807, 2.05) is 19.9 Å². The maximum Gasteiger partial charge on any atom is 0.269 e. The van der Waals surface area contributed by atoms with Gasteiger partial charge in [0.1, 0.15) is 5.75 Å². The van der Waals surface area contributed by atoms with E-state index in [2.05, 4.69) is 20.8 Å². The second kappa shape index (κ2) is 5.75. The van der Waals surface area contributed by atoms with Gasteiger partial charge < -0.3 is 5.11 Å². The molecule has 0 fully saturated rings. The van der Waals surface area contributed by atoms with Crippen LogP contribution in [0.4, 0.5) is 5.95 Å². The van der Waals surface area contributed by atoms with E-state index in [0.717, 1.165) is 11.4 Å². The molecule has 2 rings (SSSR count). The molecular weight excluding hydrogens is 280 g/mol. The first kappa shape index (κ1) is 14.1. The van der Waals surface area contributed by atoms with E-state index < -0.39 is 5.91 Å². The van der Waals surface area contributed by atoms with E-state index >= 15 is 0 Å². The number of benzene rings is 1. The lowest BCUT2D eigenvalue weighted by atomic mass is 10.2. The number of phenols is 1. The number of nitrogens with one attached hydrogen (secondary N) is 2. The van der Waals surface area contributed by atoms with Crippen LogP contribution < -0.4 is 10.9 Å². The van der Waals surface area contributed by atoms with Crippen LogP contribution in [0, 0.1) is 13.8 Å². The maximum atomic E-state index is 11.9. The highest BCUT2D eigenvalue weighted by atomic mass is 35.5. The number of phenolic OH excluding ortho intramolecular Hbond substituents is 1. The van der Waals surface area contributed by atoms with Crippen molar-refractivity contribution < 1.29 is 9.90 Å². The molecule has 0 unspecified atom stereocenters. The number of carbonyl (C=O) groups excluding carboxylic acids is 1. The van der Waals surface area contributed by atoms with Gasteiger partial charge in [-0.25, -0.2) is 9.97 Å². The van der Waals surface area contributed by atoms with Gasteiger partial charge in [-0.05, 0) is 38.1 Å². The number of carbonyl (C=O) groups is 1. The minimum atomic E-state index is -0.408. The summed E-state index contributed by atoms with van der Waals surface area (Å²) in [7, 11) is 0. The summed E-state index contributed by atoms with van der Waals surface area (Å²) in [4.78, 5) is 20.1. The van der Waals surface area contributed by atoms with Gasteiger partial charge in [-0.15, -0.1) is 0 Å². The molecular formula is C13H13ClN4O2. The summed E-state index contributed by atoms with van der Waals surface area (Å²) in [6.45, 7) is 3.67. The number of anilines is 1. The normalized spacial score (nSPS) is 10.2. The topological polar surface area (TPSA) is 87.1 Å². The Bertz CT molecular complexity index is 641. The third-order valence-corrected chi connectivity index (χ3v) is 2.78. The number of aromatic hydroxyl groups is 1. The fourth-order valence-corrected chi connectivity index (χ4v) is 1.80. The molecule has 20 heavy (non-hydrogen) atoms. The fraction of sp³-hybridized carbons (Fsp3) is 0.154. The molecule has 1 heterocycles. The highest BCUT2D eigenvalue weighted by Crippen LogP contribution is 2.23. The smallest absolute Gasteiger partial charge is 0.269 e. The number of amides is 1. The Morgan fingerprint density at radius 1 is 1.20 bits per heavy atom. The van der Waals surface area contributed by atoms with Crippen molar-refractivity contribution in [3.8, 4) is 5.75 Å². The lowest BCUT2D eigenvalue weighted by Crippen LogP contribution is -2.30. The molecule has 2 aromatic rings. The van der Waals surface area contributed by atoms with Crippen LogP contribution in [0.15, 0.2) is 24.3 Å². The Labute approximate surface area is 120 Å². The Balaban J connectivity index is 2.06. The number of hydrogen-bond donors (Lipinski definition) is 3. The van der Waals surface area contributed by atoms with E-state index in [4.69, 9.17) is 11.6 Å². The Hall–Kier alpha value is -2.34. The molecule has 0 bridgehead atoms. The van der Waals surface area contributed by atoms with Gasteiger partial charge in [0.05, 0.1) is 5.02 Å². The number of hydrogen-bond acceptors (Lipinski definition) is 5. The molecule has 3 N–H and O–H groups in total. The van der Waals surface area contributed by atoms with Crippen molar-refractivity contribution in [1.82, 2.24) is 15.4 Å². The lowest BCUT2D eigenvalue weighted by Gasteiger charge is -2.08. The summed E-state index contributed by atoms with van der Waals surface area (Å²) in [5.74, 6) is -0.177. The van der Waals surface area contributed by atoms with Crippen molar-refractivity contribution in [2.24, 2.45) is 0 Å².